The molecule has 3 rings (SSSR count). The van der Waals surface area contributed by atoms with E-state index < -0.39 is 17.4 Å². The Hall–Kier alpha value is -3.90. The monoisotopic (exact) mass is 423 g/mol. The predicted molar refractivity (Wildman–Crippen MR) is 110 cm³/mol. The largest absolute Gasteiger partial charge is 0.467 e. The van der Waals surface area contributed by atoms with Crippen LogP contribution in [0.15, 0.2) is 51.9 Å². The Morgan fingerprint density at radius 3 is 2.63 bits per heavy atom. The van der Waals surface area contributed by atoms with E-state index >= 15 is 0 Å². The number of carbonyl (C=O) groups is 2. The Labute approximate surface area is 174 Å². The Balaban J connectivity index is 2.20. The standard InChI is InChI=1S/C21H17N3O5S/c1-13-5-7-14(8-6-13)24-20(27)17(10-18(25)28-2)30-21(24)16(11-22)19(26)23-12-15-4-3-9-29-15/h3-10H,12H2,1-2H3,(H,23,26)/b17-10-,21-16+. The molecule has 0 aliphatic rings. The Kier molecular flexibility index (Phi) is 6.29. The fourth-order valence-electron chi connectivity index (χ4n) is 2.61. The number of benzene rings is 1. The maximum absolute atomic E-state index is 13.0. The molecule has 0 unspecified atom stereocenters. The van der Waals surface area contributed by atoms with Crippen LogP contribution in [0.5, 0.6) is 0 Å². The van der Waals surface area contributed by atoms with E-state index in [-0.39, 0.29) is 21.3 Å². The lowest BCUT2D eigenvalue weighted by atomic mass is 10.2. The third kappa shape index (κ3) is 4.39. The number of aromatic nitrogens is 1. The number of thiazole rings is 1. The van der Waals surface area contributed by atoms with Gasteiger partial charge in [-0.05, 0) is 31.2 Å². The van der Waals surface area contributed by atoms with Crippen LogP contribution in [-0.2, 0) is 20.9 Å². The lowest BCUT2D eigenvalue weighted by molar-refractivity contribution is -0.133. The number of carbonyl (C=O) groups excluding carboxylic acids is 2. The second kappa shape index (κ2) is 9.07. The number of aryl methyl sites for hydroxylation is 1. The molecule has 2 aromatic heterocycles. The number of nitrogens with one attached hydrogen (secondary N) is 1. The number of esters is 1. The minimum atomic E-state index is -0.711. The topological polar surface area (TPSA) is 114 Å². The maximum Gasteiger partial charge on any atom is 0.332 e. The van der Waals surface area contributed by atoms with Gasteiger partial charge in [-0.2, -0.15) is 5.26 Å². The van der Waals surface area contributed by atoms with Crippen LogP contribution in [0.3, 0.4) is 0 Å². The van der Waals surface area contributed by atoms with Crippen molar-refractivity contribution in [2.75, 3.05) is 7.11 Å². The number of ether oxygens (including phenoxy) is 1. The number of methoxy groups -OCH3 is 1. The molecule has 0 spiro atoms. The van der Waals surface area contributed by atoms with Gasteiger partial charge in [-0.1, -0.05) is 17.7 Å². The van der Waals surface area contributed by atoms with E-state index in [0.29, 0.717) is 11.4 Å². The molecule has 2 heterocycles. The van der Waals surface area contributed by atoms with E-state index in [1.54, 1.807) is 36.4 Å². The fraction of sp³-hybridized carbons (Fsp3) is 0.143. The number of hydrogen-bond donors (Lipinski definition) is 1. The average Bonchev–Trinajstić information content (AvgIpc) is 3.36. The molecular weight excluding hydrogens is 406 g/mol. The van der Waals surface area contributed by atoms with Crippen molar-refractivity contribution in [3.05, 3.63) is 73.5 Å². The molecule has 0 radical (unpaired) electrons. The van der Waals surface area contributed by atoms with Gasteiger partial charge >= 0.3 is 5.97 Å². The molecule has 0 aliphatic carbocycles. The lowest BCUT2D eigenvalue weighted by Crippen LogP contribution is -2.34. The van der Waals surface area contributed by atoms with Gasteiger partial charge in [0.2, 0.25) is 0 Å². The van der Waals surface area contributed by atoms with Crippen molar-refractivity contribution in [1.29, 1.82) is 5.26 Å². The van der Waals surface area contributed by atoms with Gasteiger partial charge in [0.05, 0.1) is 25.6 Å². The average molecular weight is 423 g/mol. The van der Waals surface area contributed by atoms with Crippen molar-refractivity contribution >= 4 is 34.9 Å². The summed E-state index contributed by atoms with van der Waals surface area (Å²) in [6.45, 7) is 1.98. The van der Waals surface area contributed by atoms with E-state index in [1.807, 2.05) is 13.0 Å². The summed E-state index contributed by atoms with van der Waals surface area (Å²) in [6.07, 6.45) is 2.51. The molecule has 3 aromatic rings. The zero-order chi connectivity index (χ0) is 21.7. The van der Waals surface area contributed by atoms with Crippen molar-refractivity contribution in [2.24, 2.45) is 0 Å². The first-order chi connectivity index (χ1) is 14.4. The molecule has 0 bridgehead atoms. The van der Waals surface area contributed by atoms with E-state index in [9.17, 15) is 19.6 Å². The summed E-state index contributed by atoms with van der Waals surface area (Å²) in [4.78, 5) is 37.3. The molecule has 0 fully saturated rings. The summed E-state index contributed by atoms with van der Waals surface area (Å²) in [5.41, 5.74) is 0.656. The Bertz CT molecular complexity index is 1290. The van der Waals surface area contributed by atoms with Crippen LogP contribution < -0.4 is 20.1 Å². The van der Waals surface area contributed by atoms with Gasteiger partial charge in [0, 0.05) is 6.08 Å². The van der Waals surface area contributed by atoms with Gasteiger partial charge in [-0.25, -0.2) is 4.79 Å². The van der Waals surface area contributed by atoms with Gasteiger partial charge in [0.25, 0.3) is 11.5 Å². The first kappa shape index (κ1) is 20.8. The van der Waals surface area contributed by atoms with Crippen LogP contribution in [0.4, 0.5) is 0 Å². The fourth-order valence-corrected chi connectivity index (χ4v) is 3.67. The smallest absolute Gasteiger partial charge is 0.332 e. The maximum atomic E-state index is 13.0. The molecule has 1 aromatic carbocycles. The van der Waals surface area contributed by atoms with Crippen molar-refractivity contribution in [2.45, 2.75) is 13.5 Å². The molecule has 8 nitrogen and oxygen atoms in total. The molecule has 0 saturated carbocycles. The highest BCUT2D eigenvalue weighted by Crippen LogP contribution is 2.07. The first-order valence-electron chi connectivity index (χ1n) is 8.78. The number of furan rings is 1. The Morgan fingerprint density at radius 1 is 1.30 bits per heavy atom. The highest BCUT2D eigenvalue weighted by atomic mass is 32.1. The SMILES string of the molecule is COC(=O)/C=c1\s/c(=C(\C#N)C(=O)NCc2ccco2)n(-c2ccc(C)cc2)c1=O. The summed E-state index contributed by atoms with van der Waals surface area (Å²) in [5.74, 6) is -0.861. The molecule has 1 N–H and O–H groups in total. The zero-order valence-corrected chi connectivity index (χ0v) is 17.0. The summed E-state index contributed by atoms with van der Waals surface area (Å²) >= 11 is 0.863. The molecule has 0 saturated heterocycles. The lowest BCUT2D eigenvalue weighted by Gasteiger charge is -2.05. The van der Waals surface area contributed by atoms with Crippen LogP contribution in [0.1, 0.15) is 11.3 Å². The van der Waals surface area contributed by atoms with Gasteiger partial charge in [-0.15, -0.1) is 11.3 Å². The molecule has 152 valence electrons. The highest BCUT2D eigenvalue weighted by Gasteiger charge is 2.17. The third-order valence-electron chi connectivity index (χ3n) is 4.12. The summed E-state index contributed by atoms with van der Waals surface area (Å²) < 4.78 is 11.2. The van der Waals surface area contributed by atoms with Crippen LogP contribution in [0, 0.1) is 18.3 Å². The van der Waals surface area contributed by atoms with Crippen molar-refractivity contribution in [1.82, 2.24) is 9.88 Å². The molecular formula is C21H17N3O5S. The zero-order valence-electron chi connectivity index (χ0n) is 16.2. The number of nitriles is 1. The second-order valence-corrected chi connectivity index (χ2v) is 7.19. The molecule has 30 heavy (non-hydrogen) atoms. The quantitative estimate of drug-likeness (QED) is 0.606. The predicted octanol–water partition coefficient (Wildman–Crippen LogP) is 0.745. The van der Waals surface area contributed by atoms with E-state index in [1.165, 1.54) is 17.9 Å². The van der Waals surface area contributed by atoms with Gasteiger partial charge in [0.1, 0.15) is 21.0 Å². The number of hydrogen-bond acceptors (Lipinski definition) is 7. The van der Waals surface area contributed by atoms with Crippen LogP contribution >= 0.6 is 11.3 Å². The number of nitrogens with zero attached hydrogens (tertiary/aromatic N) is 2. The third-order valence-corrected chi connectivity index (χ3v) is 5.21. The van der Waals surface area contributed by atoms with Gasteiger partial charge < -0.3 is 14.5 Å². The first-order valence-corrected chi connectivity index (χ1v) is 9.59. The molecule has 0 aliphatic heterocycles. The normalized spacial score (nSPS) is 12.2. The van der Waals surface area contributed by atoms with Crippen LogP contribution in [0.2, 0.25) is 0 Å². The van der Waals surface area contributed by atoms with E-state index in [2.05, 4.69) is 10.1 Å². The minimum absolute atomic E-state index is 0.0454. The number of rotatable bonds is 5. The van der Waals surface area contributed by atoms with E-state index in [4.69, 9.17) is 4.42 Å². The molecule has 1 amide bonds. The Morgan fingerprint density at radius 2 is 2.03 bits per heavy atom. The summed E-state index contributed by atoms with van der Waals surface area (Å²) in [5, 5.41) is 12.3. The molecule has 0 atom stereocenters. The van der Waals surface area contributed by atoms with Crippen molar-refractivity contribution < 1.29 is 18.7 Å². The van der Waals surface area contributed by atoms with Crippen molar-refractivity contribution in [3.63, 3.8) is 0 Å². The van der Waals surface area contributed by atoms with Crippen LogP contribution in [-0.4, -0.2) is 23.6 Å². The van der Waals surface area contributed by atoms with Gasteiger partial charge in [-0.3, -0.25) is 14.2 Å². The minimum Gasteiger partial charge on any atom is -0.467 e. The van der Waals surface area contributed by atoms with Crippen molar-refractivity contribution in [3.8, 4) is 11.8 Å². The molecule has 9 heteroatoms. The highest BCUT2D eigenvalue weighted by molar-refractivity contribution is 7.07. The summed E-state index contributed by atoms with van der Waals surface area (Å²) in [7, 11) is 1.20. The van der Waals surface area contributed by atoms with Gasteiger partial charge in [0.15, 0.2) is 5.57 Å². The van der Waals surface area contributed by atoms with Crippen LogP contribution in [0.25, 0.3) is 17.3 Å². The number of amides is 1. The second-order valence-electron chi connectivity index (χ2n) is 6.16. The van der Waals surface area contributed by atoms with E-state index in [0.717, 1.165) is 23.0 Å². The summed E-state index contributed by atoms with van der Waals surface area (Å²) in [6, 6.07) is 12.2.